The number of hydrogen-bond acceptors (Lipinski definition) is 3. The molecule has 0 aromatic rings. The smallest absolute Gasteiger partial charge is 0.547 e. The molecule has 0 aliphatic rings. The second-order valence-corrected chi connectivity index (χ2v) is 4.10. The van der Waals surface area contributed by atoms with Crippen molar-refractivity contribution in [2.24, 2.45) is 0 Å². The minimum atomic E-state index is -1.35. The summed E-state index contributed by atoms with van der Waals surface area (Å²) >= 11 is 0. The zero-order valence-corrected chi connectivity index (χ0v) is 12.7. The number of aliphatic hydroxyl groups is 1. The van der Waals surface area contributed by atoms with Gasteiger partial charge in [0.15, 0.2) is 0 Å². The molecule has 0 amide bonds. The number of hydrogen-bond donors (Lipinski definition) is 1. The molecule has 1 unspecified atom stereocenters. The molecule has 0 saturated heterocycles. The summed E-state index contributed by atoms with van der Waals surface area (Å²) in [4.78, 5) is 10.2. The third-order valence-electron chi connectivity index (χ3n) is 2.60. The van der Waals surface area contributed by atoms with Gasteiger partial charge in [-0.3, -0.25) is 0 Å². The van der Waals surface area contributed by atoms with Crippen molar-refractivity contribution in [3.63, 3.8) is 0 Å². The minimum absolute atomic E-state index is 0. The third kappa shape index (κ3) is 12.5. The van der Waals surface area contributed by atoms with Crippen molar-refractivity contribution < 1.29 is 44.6 Å². The van der Waals surface area contributed by atoms with E-state index in [1.54, 1.807) is 0 Å². The standard InChI is InChI=1S/C12H24O3.Na/c1-2-3-4-5-6-7-8-9-10-11(13)12(14)15;/h11,13H,2-10H2,1H3,(H,14,15);/q;+1/p-1. The maximum Gasteiger partial charge on any atom is 1.00 e. The maximum absolute atomic E-state index is 10.2. The number of carbonyl (C=O) groups is 1. The number of rotatable bonds is 10. The van der Waals surface area contributed by atoms with Crippen LogP contribution < -0.4 is 34.7 Å². The zero-order valence-electron chi connectivity index (χ0n) is 10.7. The molecular formula is C12H23NaO3. The average molecular weight is 238 g/mol. The first-order valence-electron chi connectivity index (χ1n) is 6.07. The molecule has 90 valence electrons. The molecule has 0 aromatic carbocycles. The Hall–Kier alpha value is 0.430. The van der Waals surface area contributed by atoms with Gasteiger partial charge in [-0.25, -0.2) is 0 Å². The fraction of sp³-hybridized carbons (Fsp3) is 0.917. The predicted molar refractivity (Wildman–Crippen MR) is 58.2 cm³/mol. The fourth-order valence-electron chi connectivity index (χ4n) is 1.59. The van der Waals surface area contributed by atoms with Gasteiger partial charge in [-0.1, -0.05) is 58.3 Å². The average Bonchev–Trinajstić information content (AvgIpc) is 2.21. The predicted octanol–water partition coefficient (Wildman–Crippen LogP) is -1.37. The number of carbonyl (C=O) groups excluding carboxylic acids is 1. The summed E-state index contributed by atoms with van der Waals surface area (Å²) in [5.41, 5.74) is 0. The molecule has 0 aromatic heterocycles. The van der Waals surface area contributed by atoms with E-state index in [-0.39, 0.29) is 29.6 Å². The van der Waals surface area contributed by atoms with Crippen LogP contribution >= 0.6 is 0 Å². The number of unbranched alkanes of at least 4 members (excludes halogenated alkanes) is 7. The van der Waals surface area contributed by atoms with E-state index in [4.69, 9.17) is 5.11 Å². The molecule has 16 heavy (non-hydrogen) atoms. The van der Waals surface area contributed by atoms with Crippen molar-refractivity contribution in [3.8, 4) is 0 Å². The normalized spacial score (nSPS) is 11.9. The number of carboxylic acids is 1. The largest absolute Gasteiger partial charge is 1.00 e. The van der Waals surface area contributed by atoms with Gasteiger partial charge in [-0.05, 0) is 6.42 Å². The van der Waals surface area contributed by atoms with Crippen LogP contribution in [0, 0.1) is 0 Å². The van der Waals surface area contributed by atoms with E-state index < -0.39 is 12.1 Å². The molecule has 4 heteroatoms. The molecule has 0 fully saturated rings. The number of aliphatic hydroxyl groups excluding tert-OH is 1. The Labute approximate surface area is 121 Å². The Bertz CT molecular complexity index is 162. The van der Waals surface area contributed by atoms with Crippen molar-refractivity contribution in [1.29, 1.82) is 0 Å². The van der Waals surface area contributed by atoms with Crippen molar-refractivity contribution in [2.75, 3.05) is 0 Å². The number of aliphatic carboxylic acids is 1. The van der Waals surface area contributed by atoms with E-state index >= 15 is 0 Å². The van der Waals surface area contributed by atoms with Gasteiger partial charge < -0.3 is 15.0 Å². The quantitative estimate of drug-likeness (QED) is 0.377. The van der Waals surface area contributed by atoms with Crippen LogP contribution in [-0.2, 0) is 4.79 Å². The summed E-state index contributed by atoms with van der Waals surface area (Å²) < 4.78 is 0. The van der Waals surface area contributed by atoms with Gasteiger partial charge in [0, 0.05) is 0 Å². The van der Waals surface area contributed by atoms with E-state index in [9.17, 15) is 9.90 Å². The van der Waals surface area contributed by atoms with E-state index in [1.165, 1.54) is 32.1 Å². The SMILES string of the molecule is CCCCCCCCCCC(O)C(=O)[O-].[Na+]. The Kier molecular flexibility index (Phi) is 15.8. The first-order valence-corrected chi connectivity index (χ1v) is 6.07. The summed E-state index contributed by atoms with van der Waals surface area (Å²) in [5.74, 6) is -1.35. The zero-order chi connectivity index (χ0) is 11.5. The fourth-order valence-corrected chi connectivity index (χ4v) is 1.59. The first-order chi connectivity index (χ1) is 7.18. The van der Waals surface area contributed by atoms with Crippen LogP contribution in [0.25, 0.3) is 0 Å². The van der Waals surface area contributed by atoms with Gasteiger partial charge in [0.1, 0.15) is 0 Å². The maximum atomic E-state index is 10.2. The third-order valence-corrected chi connectivity index (χ3v) is 2.60. The van der Waals surface area contributed by atoms with E-state index in [0.717, 1.165) is 19.3 Å². The van der Waals surface area contributed by atoms with Crippen LogP contribution in [0.15, 0.2) is 0 Å². The Morgan fingerprint density at radius 2 is 1.50 bits per heavy atom. The van der Waals surface area contributed by atoms with Gasteiger partial charge in [-0.2, -0.15) is 0 Å². The molecule has 0 bridgehead atoms. The van der Waals surface area contributed by atoms with Crippen LogP contribution in [0.5, 0.6) is 0 Å². The molecular weight excluding hydrogens is 215 g/mol. The molecule has 0 radical (unpaired) electrons. The van der Waals surface area contributed by atoms with E-state index in [1.807, 2.05) is 0 Å². The van der Waals surface area contributed by atoms with Crippen molar-refractivity contribution in [1.82, 2.24) is 0 Å². The van der Waals surface area contributed by atoms with Gasteiger partial charge in [0.2, 0.25) is 0 Å². The molecule has 0 heterocycles. The minimum Gasteiger partial charge on any atom is -0.547 e. The van der Waals surface area contributed by atoms with Gasteiger partial charge in [-0.15, -0.1) is 0 Å². The van der Waals surface area contributed by atoms with Crippen molar-refractivity contribution >= 4 is 5.97 Å². The molecule has 0 rings (SSSR count). The summed E-state index contributed by atoms with van der Waals surface area (Å²) in [7, 11) is 0. The van der Waals surface area contributed by atoms with Crippen LogP contribution in [0.2, 0.25) is 0 Å². The van der Waals surface area contributed by atoms with Crippen LogP contribution in [-0.4, -0.2) is 17.2 Å². The van der Waals surface area contributed by atoms with Gasteiger partial charge in [0.05, 0.1) is 12.1 Å². The monoisotopic (exact) mass is 238 g/mol. The Morgan fingerprint density at radius 3 is 1.94 bits per heavy atom. The molecule has 0 spiro atoms. The Balaban J connectivity index is 0. The molecule has 1 N–H and O–H groups in total. The summed E-state index contributed by atoms with van der Waals surface area (Å²) in [6.07, 6.45) is 8.36. The molecule has 0 saturated carbocycles. The first kappa shape index (κ1) is 18.8. The second-order valence-electron chi connectivity index (χ2n) is 4.10. The molecule has 3 nitrogen and oxygen atoms in total. The van der Waals surface area contributed by atoms with Gasteiger partial charge in [0.25, 0.3) is 0 Å². The molecule has 0 aliphatic carbocycles. The van der Waals surface area contributed by atoms with Crippen molar-refractivity contribution in [2.45, 2.75) is 70.8 Å². The summed E-state index contributed by atoms with van der Waals surface area (Å²) in [5, 5.41) is 19.1. The van der Waals surface area contributed by atoms with E-state index in [0.29, 0.717) is 6.42 Å². The van der Waals surface area contributed by atoms with Crippen LogP contribution in [0.4, 0.5) is 0 Å². The number of carboxylic acid groups (broad SMARTS) is 1. The summed E-state index contributed by atoms with van der Waals surface area (Å²) in [6, 6.07) is 0. The molecule has 0 aliphatic heterocycles. The molecule has 1 atom stereocenters. The van der Waals surface area contributed by atoms with E-state index in [2.05, 4.69) is 6.92 Å². The van der Waals surface area contributed by atoms with Crippen LogP contribution in [0.3, 0.4) is 0 Å². The van der Waals surface area contributed by atoms with Crippen LogP contribution in [0.1, 0.15) is 64.7 Å². The van der Waals surface area contributed by atoms with Crippen molar-refractivity contribution in [3.05, 3.63) is 0 Å². The second kappa shape index (κ2) is 13.5. The Morgan fingerprint density at radius 1 is 1.06 bits per heavy atom. The summed E-state index contributed by atoms with van der Waals surface area (Å²) in [6.45, 7) is 2.20. The topological polar surface area (TPSA) is 60.4 Å². The van der Waals surface area contributed by atoms with Gasteiger partial charge >= 0.3 is 29.6 Å².